The first kappa shape index (κ1) is 21.9. The maximum Gasteiger partial charge on any atom is 0.227 e. The number of aryl methyl sites for hydroxylation is 2. The molecule has 9 heteroatoms. The molecule has 0 bridgehead atoms. The van der Waals surface area contributed by atoms with Gasteiger partial charge < -0.3 is 15.4 Å². The minimum Gasteiger partial charge on any atom is -0.439 e. The number of benzene rings is 2. The van der Waals surface area contributed by atoms with Crippen LogP contribution in [0.2, 0.25) is 0 Å². The summed E-state index contributed by atoms with van der Waals surface area (Å²) in [6.07, 6.45) is 1.95. The number of para-hydroxylation sites is 2. The highest BCUT2D eigenvalue weighted by Crippen LogP contribution is 2.30. The lowest BCUT2D eigenvalue weighted by molar-refractivity contribution is 0.438. The summed E-state index contributed by atoms with van der Waals surface area (Å²) in [5, 5.41) is 21.6. The molecule has 0 aliphatic rings. The van der Waals surface area contributed by atoms with Gasteiger partial charge in [-0.25, -0.2) is 4.68 Å². The molecule has 2 heterocycles. The van der Waals surface area contributed by atoms with Crippen molar-refractivity contribution in [3.63, 3.8) is 0 Å². The summed E-state index contributed by atoms with van der Waals surface area (Å²) < 4.78 is 8.09. The Morgan fingerprint density at radius 2 is 1.78 bits per heavy atom. The first-order valence-electron chi connectivity index (χ1n) is 10.4. The zero-order valence-corrected chi connectivity index (χ0v) is 19.5. The van der Waals surface area contributed by atoms with E-state index in [1.807, 2.05) is 72.3 Å². The Morgan fingerprint density at radius 3 is 2.50 bits per heavy atom. The van der Waals surface area contributed by atoms with Gasteiger partial charge >= 0.3 is 0 Å². The highest BCUT2D eigenvalue weighted by Gasteiger charge is 2.19. The number of nitrogens with zero attached hydrogens (tertiary/aromatic N) is 4. The van der Waals surface area contributed by atoms with E-state index in [0.29, 0.717) is 22.7 Å². The molecule has 0 radical (unpaired) electrons. The Kier molecular flexibility index (Phi) is 7.08. The maximum absolute atomic E-state index is 6.27. The Labute approximate surface area is 196 Å². The maximum atomic E-state index is 6.27. The van der Waals surface area contributed by atoms with E-state index in [-0.39, 0.29) is 0 Å². The molecule has 7 nitrogen and oxygen atoms in total. The van der Waals surface area contributed by atoms with E-state index >= 15 is 0 Å². The molecule has 0 spiro atoms. The summed E-state index contributed by atoms with van der Waals surface area (Å²) in [5.41, 5.74) is 2.70. The fourth-order valence-corrected chi connectivity index (χ4v) is 4.20. The smallest absolute Gasteiger partial charge is 0.227 e. The van der Waals surface area contributed by atoms with E-state index in [1.54, 1.807) is 0 Å². The second-order valence-corrected chi connectivity index (χ2v) is 8.56. The first-order chi connectivity index (χ1) is 15.6. The molecule has 2 N–H and O–H groups in total. The number of hydrogen-bond donors (Lipinski definition) is 2. The molecular weight excluding hydrogens is 440 g/mol. The highest BCUT2D eigenvalue weighted by molar-refractivity contribution is 7.80. The predicted octanol–water partition coefficient (Wildman–Crippen LogP) is 5.26. The highest BCUT2D eigenvalue weighted by atomic mass is 32.1. The molecule has 0 aliphatic heterocycles. The largest absolute Gasteiger partial charge is 0.439 e. The number of thiocarbonyl (C=S) groups is 1. The normalized spacial score (nSPS) is 10.7. The Hall–Kier alpha value is -3.30. The molecular formula is C23H24N6OS2. The minimum atomic E-state index is 0.452. The SMILES string of the molecule is CCCc1nnc(NC(=S)NCc2c(C)nn(-c3ccccc3)c2Oc2ccccc2)s1. The minimum absolute atomic E-state index is 0.452. The van der Waals surface area contributed by atoms with E-state index in [9.17, 15) is 0 Å². The van der Waals surface area contributed by atoms with E-state index in [4.69, 9.17) is 22.1 Å². The van der Waals surface area contributed by atoms with Crippen molar-refractivity contribution in [2.24, 2.45) is 0 Å². The van der Waals surface area contributed by atoms with Crippen LogP contribution in [-0.2, 0) is 13.0 Å². The molecule has 0 amide bonds. The van der Waals surface area contributed by atoms with Gasteiger partial charge in [-0.05, 0) is 49.8 Å². The molecule has 164 valence electrons. The van der Waals surface area contributed by atoms with Crippen molar-refractivity contribution < 1.29 is 4.74 Å². The zero-order chi connectivity index (χ0) is 22.3. The van der Waals surface area contributed by atoms with E-state index in [1.165, 1.54) is 11.3 Å². The van der Waals surface area contributed by atoms with E-state index < -0.39 is 0 Å². The molecule has 0 fully saturated rings. The molecule has 32 heavy (non-hydrogen) atoms. The average molecular weight is 465 g/mol. The lowest BCUT2D eigenvalue weighted by Crippen LogP contribution is -2.28. The molecule has 4 aromatic rings. The fraction of sp³-hybridized carbons (Fsp3) is 0.217. The number of ether oxygens (including phenoxy) is 1. The molecule has 4 rings (SSSR count). The summed E-state index contributed by atoms with van der Waals surface area (Å²) in [7, 11) is 0. The van der Waals surface area contributed by atoms with Crippen LogP contribution in [0, 0.1) is 6.92 Å². The molecule has 2 aromatic heterocycles. The van der Waals surface area contributed by atoms with Crippen molar-refractivity contribution >= 4 is 33.8 Å². The Balaban J connectivity index is 1.54. The molecule has 0 saturated carbocycles. The Morgan fingerprint density at radius 1 is 1.06 bits per heavy atom. The van der Waals surface area contributed by atoms with Crippen LogP contribution >= 0.6 is 23.6 Å². The van der Waals surface area contributed by atoms with Gasteiger partial charge in [0, 0.05) is 13.0 Å². The van der Waals surface area contributed by atoms with Gasteiger partial charge in [0.15, 0.2) is 5.11 Å². The number of nitrogens with one attached hydrogen (secondary N) is 2. The van der Waals surface area contributed by atoms with Crippen LogP contribution < -0.4 is 15.4 Å². The van der Waals surface area contributed by atoms with Crippen molar-refractivity contribution in [2.45, 2.75) is 33.2 Å². The summed E-state index contributed by atoms with van der Waals surface area (Å²) in [6.45, 7) is 4.54. The zero-order valence-electron chi connectivity index (χ0n) is 17.9. The molecule has 0 aliphatic carbocycles. The van der Waals surface area contributed by atoms with Gasteiger partial charge in [-0.15, -0.1) is 10.2 Å². The topological polar surface area (TPSA) is 76.9 Å². The third kappa shape index (κ3) is 5.30. The van der Waals surface area contributed by atoms with E-state index in [2.05, 4.69) is 27.8 Å². The van der Waals surface area contributed by atoms with Gasteiger partial charge in [-0.1, -0.05) is 54.7 Å². The van der Waals surface area contributed by atoms with Crippen LogP contribution in [0.5, 0.6) is 11.6 Å². The average Bonchev–Trinajstić information content (AvgIpc) is 3.37. The van der Waals surface area contributed by atoms with Crippen molar-refractivity contribution in [3.05, 3.63) is 76.9 Å². The van der Waals surface area contributed by atoms with Crippen LogP contribution in [-0.4, -0.2) is 25.1 Å². The van der Waals surface area contributed by atoms with Crippen LogP contribution in [0.4, 0.5) is 5.13 Å². The van der Waals surface area contributed by atoms with Crippen LogP contribution in [0.3, 0.4) is 0 Å². The van der Waals surface area contributed by atoms with Gasteiger partial charge in [0.2, 0.25) is 11.0 Å². The van der Waals surface area contributed by atoms with Gasteiger partial charge in [0.1, 0.15) is 10.8 Å². The third-order valence-electron chi connectivity index (χ3n) is 4.67. The Bertz CT molecular complexity index is 1170. The van der Waals surface area contributed by atoms with Crippen LogP contribution in [0.25, 0.3) is 5.69 Å². The lowest BCUT2D eigenvalue weighted by atomic mass is 10.2. The third-order valence-corrected chi connectivity index (χ3v) is 5.82. The van der Waals surface area contributed by atoms with Crippen LogP contribution in [0.15, 0.2) is 60.7 Å². The summed E-state index contributed by atoms with van der Waals surface area (Å²) in [4.78, 5) is 0. The fourth-order valence-electron chi connectivity index (χ4n) is 3.12. The number of aromatic nitrogens is 4. The van der Waals surface area contributed by atoms with E-state index in [0.717, 1.165) is 40.5 Å². The summed E-state index contributed by atoms with van der Waals surface area (Å²) in [5.74, 6) is 1.39. The van der Waals surface area contributed by atoms with Gasteiger partial charge in [0.25, 0.3) is 0 Å². The number of rotatable bonds is 8. The lowest BCUT2D eigenvalue weighted by Gasteiger charge is -2.12. The summed E-state index contributed by atoms with van der Waals surface area (Å²) >= 11 is 6.99. The number of anilines is 1. The molecule has 2 aromatic carbocycles. The van der Waals surface area contributed by atoms with Gasteiger partial charge in [0.05, 0.1) is 16.9 Å². The molecule has 0 unspecified atom stereocenters. The second kappa shape index (κ2) is 10.3. The second-order valence-electron chi connectivity index (χ2n) is 7.09. The van der Waals surface area contributed by atoms with Gasteiger partial charge in [-0.2, -0.15) is 5.10 Å². The standard InChI is InChI=1S/C23H24N6OS2/c1-3-10-20-26-27-23(32-20)25-22(31)24-15-19-16(2)28-29(17-11-6-4-7-12-17)21(19)30-18-13-8-5-9-14-18/h4-9,11-14H,3,10,15H2,1-2H3,(H2,24,25,27,31). The van der Waals surface area contributed by atoms with Crippen molar-refractivity contribution in [1.29, 1.82) is 0 Å². The first-order valence-corrected chi connectivity index (χ1v) is 11.6. The number of hydrogen-bond acceptors (Lipinski definition) is 6. The quantitative estimate of drug-likeness (QED) is 0.344. The van der Waals surface area contributed by atoms with Crippen molar-refractivity contribution in [1.82, 2.24) is 25.3 Å². The summed E-state index contributed by atoms with van der Waals surface area (Å²) in [6, 6.07) is 19.6. The molecule has 0 atom stereocenters. The van der Waals surface area contributed by atoms with Crippen molar-refractivity contribution in [2.75, 3.05) is 5.32 Å². The molecule has 0 saturated heterocycles. The van der Waals surface area contributed by atoms with Gasteiger partial charge in [-0.3, -0.25) is 0 Å². The predicted molar refractivity (Wildman–Crippen MR) is 132 cm³/mol. The van der Waals surface area contributed by atoms with Crippen LogP contribution in [0.1, 0.15) is 29.6 Å². The van der Waals surface area contributed by atoms with Crippen molar-refractivity contribution in [3.8, 4) is 17.3 Å². The monoisotopic (exact) mass is 464 g/mol.